The van der Waals surface area contributed by atoms with E-state index in [4.69, 9.17) is 15.3 Å². The van der Waals surface area contributed by atoms with E-state index in [0.29, 0.717) is 0 Å². The molecule has 14 heavy (non-hydrogen) atoms. The first-order valence-corrected chi connectivity index (χ1v) is 3.62. The highest BCUT2D eigenvalue weighted by atomic mass is 16.6. The minimum atomic E-state index is -1.53. The largest absolute Gasteiger partial charge is 0.481 e. The molecule has 1 rings (SSSR count). The minimum absolute atomic E-state index is 0.369. The third-order valence-electron chi connectivity index (χ3n) is 1.57. The summed E-state index contributed by atoms with van der Waals surface area (Å²) in [6.07, 6.45) is -1.90. The van der Waals surface area contributed by atoms with Crippen LogP contribution in [0.25, 0.3) is 0 Å². The van der Waals surface area contributed by atoms with Crippen LogP contribution in [0.2, 0.25) is 0 Å². The smallest absolute Gasteiger partial charge is 0.345 e. The van der Waals surface area contributed by atoms with Crippen molar-refractivity contribution in [3.8, 4) is 0 Å². The molecule has 1 fully saturated rings. The number of ether oxygens (including phenoxy) is 1. The van der Waals surface area contributed by atoms with Gasteiger partial charge in [-0.2, -0.15) is 0 Å². The molecule has 0 bridgehead atoms. The molecule has 0 aromatic rings. The van der Waals surface area contributed by atoms with E-state index in [9.17, 15) is 14.4 Å². The SMILES string of the molecule is CO.O=C1CC(C(=O)O)C(C(=O)O)O1. The molecule has 0 aliphatic carbocycles. The number of hydrogen-bond acceptors (Lipinski definition) is 5. The van der Waals surface area contributed by atoms with E-state index in [1.165, 1.54) is 0 Å². The summed E-state index contributed by atoms with van der Waals surface area (Å²) < 4.78 is 4.28. The first-order chi connectivity index (χ1) is 6.52. The van der Waals surface area contributed by atoms with Gasteiger partial charge in [-0.15, -0.1) is 0 Å². The molecule has 0 radical (unpaired) electrons. The monoisotopic (exact) mass is 206 g/mol. The van der Waals surface area contributed by atoms with Crippen molar-refractivity contribution in [2.75, 3.05) is 7.11 Å². The number of aliphatic hydroxyl groups is 1. The highest BCUT2D eigenvalue weighted by Crippen LogP contribution is 2.22. The predicted molar refractivity (Wildman–Crippen MR) is 41.4 cm³/mol. The number of aliphatic carboxylic acids is 2. The number of esters is 1. The number of carboxylic acids is 2. The van der Waals surface area contributed by atoms with Gasteiger partial charge in [0, 0.05) is 7.11 Å². The molecule has 1 aliphatic rings. The van der Waals surface area contributed by atoms with Crippen LogP contribution < -0.4 is 0 Å². The zero-order valence-corrected chi connectivity index (χ0v) is 7.34. The van der Waals surface area contributed by atoms with E-state index >= 15 is 0 Å². The van der Waals surface area contributed by atoms with Crippen LogP contribution in [-0.2, 0) is 19.1 Å². The van der Waals surface area contributed by atoms with Gasteiger partial charge in [-0.05, 0) is 0 Å². The van der Waals surface area contributed by atoms with Gasteiger partial charge in [-0.1, -0.05) is 0 Å². The Balaban J connectivity index is 0.000000791. The Hall–Kier alpha value is -1.63. The lowest BCUT2D eigenvalue weighted by molar-refractivity contribution is -0.161. The van der Waals surface area contributed by atoms with Crippen molar-refractivity contribution >= 4 is 17.9 Å². The maximum atomic E-state index is 10.5. The number of carbonyl (C=O) groups excluding carboxylic acids is 1. The molecule has 0 aromatic heterocycles. The quantitative estimate of drug-likeness (QED) is 0.480. The summed E-state index contributed by atoms with van der Waals surface area (Å²) in [4.78, 5) is 31.2. The Kier molecular flexibility index (Phi) is 4.57. The summed E-state index contributed by atoms with van der Waals surface area (Å²) in [5.74, 6) is -4.79. The van der Waals surface area contributed by atoms with Crippen molar-refractivity contribution in [2.24, 2.45) is 5.92 Å². The molecule has 2 atom stereocenters. The van der Waals surface area contributed by atoms with Crippen LogP contribution in [0.4, 0.5) is 0 Å². The number of hydrogen-bond donors (Lipinski definition) is 3. The first kappa shape index (κ1) is 12.4. The molecule has 1 aliphatic heterocycles. The van der Waals surface area contributed by atoms with Gasteiger partial charge < -0.3 is 20.1 Å². The number of cyclic esters (lactones) is 1. The van der Waals surface area contributed by atoms with Gasteiger partial charge in [-0.25, -0.2) is 4.79 Å². The lowest BCUT2D eigenvalue weighted by Gasteiger charge is -2.07. The normalized spacial score (nSPS) is 24.6. The van der Waals surface area contributed by atoms with E-state index in [1.807, 2.05) is 0 Å². The van der Waals surface area contributed by atoms with Crippen molar-refractivity contribution in [3.63, 3.8) is 0 Å². The second-order valence-electron chi connectivity index (χ2n) is 2.40. The molecule has 1 saturated heterocycles. The first-order valence-electron chi connectivity index (χ1n) is 3.62. The third-order valence-corrected chi connectivity index (χ3v) is 1.57. The van der Waals surface area contributed by atoms with Crippen molar-refractivity contribution < 1.29 is 34.4 Å². The van der Waals surface area contributed by atoms with Crippen molar-refractivity contribution in [2.45, 2.75) is 12.5 Å². The van der Waals surface area contributed by atoms with Gasteiger partial charge in [0.1, 0.15) is 5.92 Å². The fraction of sp³-hybridized carbons (Fsp3) is 0.571. The summed E-state index contributed by atoms with van der Waals surface area (Å²) in [7, 11) is 1.00. The number of carbonyl (C=O) groups is 3. The Bertz CT molecular complexity index is 222. The average molecular weight is 206 g/mol. The van der Waals surface area contributed by atoms with Crippen LogP contribution >= 0.6 is 0 Å². The van der Waals surface area contributed by atoms with Crippen LogP contribution in [-0.4, -0.2) is 46.4 Å². The van der Waals surface area contributed by atoms with E-state index in [-0.39, 0.29) is 6.42 Å². The summed E-state index contributed by atoms with van der Waals surface area (Å²) in [6, 6.07) is 0. The van der Waals surface area contributed by atoms with Gasteiger partial charge >= 0.3 is 17.9 Å². The average Bonchev–Trinajstić information content (AvgIpc) is 2.51. The fourth-order valence-corrected chi connectivity index (χ4v) is 0.998. The molecular weight excluding hydrogens is 196 g/mol. The highest BCUT2D eigenvalue weighted by Gasteiger charge is 2.44. The van der Waals surface area contributed by atoms with Crippen LogP contribution in [0.15, 0.2) is 0 Å². The Labute approximate surface area is 78.9 Å². The van der Waals surface area contributed by atoms with Gasteiger partial charge in [-0.3, -0.25) is 9.59 Å². The molecule has 2 unspecified atom stereocenters. The summed E-state index contributed by atoms with van der Waals surface area (Å²) in [5.41, 5.74) is 0. The van der Waals surface area contributed by atoms with Gasteiger partial charge in [0.25, 0.3) is 0 Å². The van der Waals surface area contributed by atoms with Crippen LogP contribution in [0.5, 0.6) is 0 Å². The zero-order valence-electron chi connectivity index (χ0n) is 7.34. The third kappa shape index (κ3) is 2.70. The van der Waals surface area contributed by atoms with Gasteiger partial charge in [0.15, 0.2) is 0 Å². The van der Waals surface area contributed by atoms with Crippen molar-refractivity contribution in [3.05, 3.63) is 0 Å². The molecule has 80 valence electrons. The lowest BCUT2D eigenvalue weighted by atomic mass is 10.0. The predicted octanol–water partition coefficient (Wildman–Crippen LogP) is -1.30. The summed E-state index contributed by atoms with van der Waals surface area (Å²) >= 11 is 0. The van der Waals surface area contributed by atoms with E-state index < -0.39 is 29.9 Å². The van der Waals surface area contributed by atoms with Crippen LogP contribution in [0.3, 0.4) is 0 Å². The van der Waals surface area contributed by atoms with Crippen molar-refractivity contribution in [1.29, 1.82) is 0 Å². The fourth-order valence-electron chi connectivity index (χ4n) is 0.998. The molecule has 7 nitrogen and oxygen atoms in total. The second kappa shape index (κ2) is 5.18. The number of carboxylic acid groups (broad SMARTS) is 2. The van der Waals surface area contributed by atoms with Crippen molar-refractivity contribution in [1.82, 2.24) is 0 Å². The van der Waals surface area contributed by atoms with E-state index in [2.05, 4.69) is 4.74 Å². The molecule has 0 spiro atoms. The van der Waals surface area contributed by atoms with E-state index in [1.54, 1.807) is 0 Å². The molecule has 0 aromatic carbocycles. The van der Waals surface area contributed by atoms with E-state index in [0.717, 1.165) is 7.11 Å². The Morgan fingerprint density at radius 1 is 1.29 bits per heavy atom. The molecular formula is C7H10O7. The molecule has 1 heterocycles. The topological polar surface area (TPSA) is 121 Å². The molecule has 7 heteroatoms. The minimum Gasteiger partial charge on any atom is -0.481 e. The van der Waals surface area contributed by atoms with Crippen LogP contribution in [0, 0.1) is 5.92 Å². The second-order valence-corrected chi connectivity index (χ2v) is 2.40. The maximum Gasteiger partial charge on any atom is 0.345 e. The number of rotatable bonds is 2. The van der Waals surface area contributed by atoms with Crippen LogP contribution in [0.1, 0.15) is 6.42 Å². The molecule has 3 N–H and O–H groups in total. The molecule has 0 saturated carbocycles. The molecule has 0 amide bonds. The van der Waals surface area contributed by atoms with Gasteiger partial charge in [0.2, 0.25) is 6.10 Å². The summed E-state index contributed by atoms with van der Waals surface area (Å²) in [5, 5.41) is 23.9. The highest BCUT2D eigenvalue weighted by molar-refractivity contribution is 5.90. The summed E-state index contributed by atoms with van der Waals surface area (Å²) in [6.45, 7) is 0. The van der Waals surface area contributed by atoms with Gasteiger partial charge in [0.05, 0.1) is 6.42 Å². The maximum absolute atomic E-state index is 10.5. The number of aliphatic hydroxyl groups excluding tert-OH is 1. The standard InChI is InChI=1S/C6H6O6.CH4O/c7-3-1-2(5(8)9)4(12-3)6(10)11;1-2/h2,4H,1H2,(H,8,9)(H,10,11);2H,1H3. The zero-order chi connectivity index (χ0) is 11.3. The lowest BCUT2D eigenvalue weighted by Crippen LogP contribution is -2.31. The Morgan fingerprint density at radius 3 is 2.07 bits per heavy atom. The Morgan fingerprint density at radius 2 is 1.79 bits per heavy atom.